The molecule has 0 radical (unpaired) electrons. The Morgan fingerprint density at radius 1 is 1.29 bits per heavy atom. The number of benzene rings is 1. The summed E-state index contributed by atoms with van der Waals surface area (Å²) >= 11 is 1.73. The van der Waals surface area contributed by atoms with Gasteiger partial charge in [0.25, 0.3) is 0 Å². The number of carboxylic acids is 1. The Labute approximate surface area is 127 Å². The third kappa shape index (κ3) is 3.01. The first-order chi connectivity index (χ1) is 10.0. The van der Waals surface area contributed by atoms with Gasteiger partial charge >= 0.3 is 5.97 Å². The van der Waals surface area contributed by atoms with E-state index < -0.39 is 5.97 Å². The minimum atomic E-state index is -0.755. The highest BCUT2D eigenvalue weighted by Gasteiger charge is 2.21. The molecule has 0 amide bonds. The van der Waals surface area contributed by atoms with Crippen molar-refractivity contribution in [2.45, 2.75) is 13.8 Å². The summed E-state index contributed by atoms with van der Waals surface area (Å²) in [4.78, 5) is 19.7. The van der Waals surface area contributed by atoms with Crippen molar-refractivity contribution in [2.24, 2.45) is 0 Å². The lowest BCUT2D eigenvalue weighted by Gasteiger charge is -2.33. The standard InChI is InChI=1S/C15H19N3O2S/c1-10-7-11(2)14-12(8-10)16-15(21-14)18-5-3-17(4-6-18)9-13(19)20/h7-8H,3-6,9H2,1-2H3,(H,19,20). The summed E-state index contributed by atoms with van der Waals surface area (Å²) < 4.78 is 1.25. The Kier molecular flexibility index (Phi) is 3.82. The highest BCUT2D eigenvalue weighted by molar-refractivity contribution is 7.22. The van der Waals surface area contributed by atoms with E-state index in [2.05, 4.69) is 30.9 Å². The zero-order valence-electron chi connectivity index (χ0n) is 12.3. The van der Waals surface area contributed by atoms with Gasteiger partial charge in [-0.2, -0.15) is 0 Å². The molecule has 0 spiro atoms. The number of aliphatic carboxylic acids is 1. The van der Waals surface area contributed by atoms with E-state index in [4.69, 9.17) is 10.1 Å². The molecule has 0 aliphatic carbocycles. The van der Waals surface area contributed by atoms with Crippen LogP contribution in [0.1, 0.15) is 11.1 Å². The molecule has 0 unspecified atom stereocenters. The van der Waals surface area contributed by atoms with E-state index in [-0.39, 0.29) is 6.54 Å². The summed E-state index contributed by atoms with van der Waals surface area (Å²) in [5.41, 5.74) is 3.59. The summed E-state index contributed by atoms with van der Waals surface area (Å²) in [6.45, 7) is 7.58. The maximum atomic E-state index is 10.7. The van der Waals surface area contributed by atoms with E-state index in [1.165, 1.54) is 15.8 Å². The molecule has 1 aromatic heterocycles. The van der Waals surface area contributed by atoms with Crippen molar-refractivity contribution in [3.8, 4) is 0 Å². The number of aryl methyl sites for hydroxylation is 2. The molecule has 0 saturated carbocycles. The van der Waals surface area contributed by atoms with Gasteiger partial charge in [0.15, 0.2) is 5.13 Å². The average Bonchev–Trinajstić information content (AvgIpc) is 2.83. The fourth-order valence-corrected chi connectivity index (χ4v) is 3.86. The Bertz CT molecular complexity index is 675. The van der Waals surface area contributed by atoms with Gasteiger partial charge in [-0.1, -0.05) is 17.4 Å². The van der Waals surface area contributed by atoms with Gasteiger partial charge in [0.1, 0.15) is 0 Å². The molecule has 1 aliphatic heterocycles. The second-order valence-corrected chi connectivity index (χ2v) is 6.56. The van der Waals surface area contributed by atoms with Crippen LogP contribution in [-0.2, 0) is 4.79 Å². The van der Waals surface area contributed by atoms with Crippen molar-refractivity contribution in [1.29, 1.82) is 0 Å². The van der Waals surface area contributed by atoms with Crippen LogP contribution in [0, 0.1) is 13.8 Å². The number of carbonyl (C=O) groups is 1. The van der Waals surface area contributed by atoms with Gasteiger partial charge in [-0.15, -0.1) is 0 Å². The lowest BCUT2D eigenvalue weighted by molar-refractivity contribution is -0.138. The topological polar surface area (TPSA) is 56.7 Å². The first-order valence-electron chi connectivity index (χ1n) is 7.10. The highest BCUT2D eigenvalue weighted by atomic mass is 32.1. The van der Waals surface area contributed by atoms with Crippen LogP contribution in [0.25, 0.3) is 10.2 Å². The van der Waals surface area contributed by atoms with Gasteiger partial charge in [0.05, 0.1) is 16.8 Å². The first kappa shape index (κ1) is 14.3. The van der Waals surface area contributed by atoms with E-state index in [0.717, 1.165) is 36.8 Å². The van der Waals surface area contributed by atoms with Crippen molar-refractivity contribution in [1.82, 2.24) is 9.88 Å². The summed E-state index contributed by atoms with van der Waals surface area (Å²) in [6, 6.07) is 4.32. The predicted molar refractivity (Wildman–Crippen MR) is 85.4 cm³/mol. The van der Waals surface area contributed by atoms with E-state index in [9.17, 15) is 4.79 Å². The maximum absolute atomic E-state index is 10.7. The first-order valence-corrected chi connectivity index (χ1v) is 7.91. The number of carboxylic acid groups (broad SMARTS) is 1. The minimum absolute atomic E-state index is 0.131. The Morgan fingerprint density at radius 2 is 2.00 bits per heavy atom. The van der Waals surface area contributed by atoms with Crippen LogP contribution in [0.15, 0.2) is 12.1 Å². The largest absolute Gasteiger partial charge is 0.480 e. The number of thiazole rings is 1. The molecule has 112 valence electrons. The fourth-order valence-electron chi connectivity index (χ4n) is 2.79. The van der Waals surface area contributed by atoms with Gasteiger partial charge in [-0.3, -0.25) is 9.69 Å². The molecule has 1 saturated heterocycles. The van der Waals surface area contributed by atoms with Crippen molar-refractivity contribution < 1.29 is 9.90 Å². The number of fused-ring (bicyclic) bond motifs is 1. The van der Waals surface area contributed by atoms with Crippen molar-refractivity contribution in [3.63, 3.8) is 0 Å². The Balaban J connectivity index is 1.76. The van der Waals surface area contributed by atoms with Crippen molar-refractivity contribution >= 4 is 32.7 Å². The number of nitrogens with zero attached hydrogens (tertiary/aromatic N) is 3. The van der Waals surface area contributed by atoms with E-state index in [1.807, 2.05) is 4.90 Å². The summed E-state index contributed by atoms with van der Waals surface area (Å²) in [5, 5.41) is 9.88. The molecule has 21 heavy (non-hydrogen) atoms. The van der Waals surface area contributed by atoms with Gasteiger partial charge in [0, 0.05) is 26.2 Å². The molecule has 3 rings (SSSR count). The van der Waals surface area contributed by atoms with Gasteiger partial charge < -0.3 is 10.0 Å². The smallest absolute Gasteiger partial charge is 0.317 e. The number of hydrogen-bond acceptors (Lipinski definition) is 5. The Hall–Kier alpha value is -1.66. The molecule has 1 fully saturated rings. The van der Waals surface area contributed by atoms with Crippen LogP contribution >= 0.6 is 11.3 Å². The molecule has 0 atom stereocenters. The third-order valence-electron chi connectivity index (χ3n) is 3.81. The van der Waals surface area contributed by atoms with Crippen LogP contribution in [-0.4, -0.2) is 53.7 Å². The number of rotatable bonds is 3. The van der Waals surface area contributed by atoms with E-state index >= 15 is 0 Å². The normalized spacial score (nSPS) is 16.6. The molecular formula is C15H19N3O2S. The maximum Gasteiger partial charge on any atom is 0.317 e. The quantitative estimate of drug-likeness (QED) is 0.941. The highest BCUT2D eigenvalue weighted by Crippen LogP contribution is 2.32. The summed E-state index contributed by atoms with van der Waals surface area (Å²) in [6.07, 6.45) is 0. The molecule has 5 nitrogen and oxygen atoms in total. The zero-order valence-corrected chi connectivity index (χ0v) is 13.1. The monoisotopic (exact) mass is 305 g/mol. The molecular weight excluding hydrogens is 286 g/mol. The second-order valence-electron chi connectivity index (χ2n) is 5.58. The third-order valence-corrected chi connectivity index (χ3v) is 5.08. The molecule has 1 aromatic carbocycles. The molecule has 2 aromatic rings. The second kappa shape index (κ2) is 5.61. The number of hydrogen-bond donors (Lipinski definition) is 1. The number of anilines is 1. The lowest BCUT2D eigenvalue weighted by atomic mass is 10.1. The van der Waals surface area contributed by atoms with Crippen LogP contribution < -0.4 is 4.90 Å². The van der Waals surface area contributed by atoms with Crippen molar-refractivity contribution in [2.75, 3.05) is 37.6 Å². The van der Waals surface area contributed by atoms with Gasteiger partial charge in [0.2, 0.25) is 0 Å². The van der Waals surface area contributed by atoms with Crippen LogP contribution in [0.3, 0.4) is 0 Å². The van der Waals surface area contributed by atoms with Crippen molar-refractivity contribution in [3.05, 3.63) is 23.3 Å². The molecule has 6 heteroatoms. The fraction of sp³-hybridized carbons (Fsp3) is 0.467. The van der Waals surface area contributed by atoms with Crippen LogP contribution in [0.2, 0.25) is 0 Å². The van der Waals surface area contributed by atoms with Crippen LogP contribution in [0.5, 0.6) is 0 Å². The number of aromatic nitrogens is 1. The van der Waals surface area contributed by atoms with Crippen LogP contribution in [0.4, 0.5) is 5.13 Å². The molecule has 0 bridgehead atoms. The summed E-state index contributed by atoms with van der Waals surface area (Å²) in [7, 11) is 0. The number of piperazine rings is 1. The SMILES string of the molecule is Cc1cc(C)c2sc(N3CCN(CC(=O)O)CC3)nc2c1. The minimum Gasteiger partial charge on any atom is -0.480 e. The van der Waals surface area contributed by atoms with Gasteiger partial charge in [-0.25, -0.2) is 4.98 Å². The average molecular weight is 305 g/mol. The zero-order chi connectivity index (χ0) is 15.0. The van der Waals surface area contributed by atoms with E-state index in [1.54, 1.807) is 11.3 Å². The molecule has 1 aliphatic rings. The lowest BCUT2D eigenvalue weighted by Crippen LogP contribution is -2.47. The molecule has 1 N–H and O–H groups in total. The Morgan fingerprint density at radius 3 is 2.67 bits per heavy atom. The predicted octanol–water partition coefficient (Wildman–Crippen LogP) is 2.12. The summed E-state index contributed by atoms with van der Waals surface area (Å²) in [5.74, 6) is -0.755. The van der Waals surface area contributed by atoms with Gasteiger partial charge in [-0.05, 0) is 31.0 Å². The van der Waals surface area contributed by atoms with E-state index in [0.29, 0.717) is 0 Å². The molecule has 2 heterocycles.